The van der Waals surface area contributed by atoms with E-state index in [2.05, 4.69) is 9.97 Å². The molecule has 0 aliphatic rings. The lowest BCUT2D eigenvalue weighted by Gasteiger charge is -2.00. The van der Waals surface area contributed by atoms with Crippen LogP contribution in [0.5, 0.6) is 0 Å². The van der Waals surface area contributed by atoms with Gasteiger partial charge < -0.3 is 4.98 Å². The van der Waals surface area contributed by atoms with Gasteiger partial charge in [-0.25, -0.2) is 9.37 Å². The molecule has 0 fully saturated rings. The number of H-pyrrole nitrogens is 1. The number of alkyl halides is 3. The van der Waals surface area contributed by atoms with Gasteiger partial charge in [-0.1, -0.05) is 0 Å². The molecule has 0 bridgehead atoms. The number of aromatic nitrogens is 2. The molecule has 0 radical (unpaired) electrons. The van der Waals surface area contributed by atoms with Crippen LogP contribution >= 0.6 is 11.3 Å². The third-order valence-corrected chi connectivity index (χ3v) is 3.66. The molecule has 0 spiro atoms. The quantitative estimate of drug-likeness (QED) is 0.658. The van der Waals surface area contributed by atoms with E-state index in [1.165, 1.54) is 17.6 Å². The van der Waals surface area contributed by atoms with Crippen molar-refractivity contribution in [3.05, 3.63) is 40.6 Å². The van der Waals surface area contributed by atoms with E-state index in [-0.39, 0.29) is 0 Å². The Hall–Kier alpha value is -1.89. The van der Waals surface area contributed by atoms with Crippen LogP contribution in [0, 0.1) is 5.82 Å². The van der Waals surface area contributed by atoms with Crippen LogP contribution in [0.25, 0.3) is 22.2 Å². The van der Waals surface area contributed by atoms with E-state index in [9.17, 15) is 17.6 Å². The lowest BCUT2D eigenvalue weighted by molar-refractivity contribution is -0.134. The summed E-state index contributed by atoms with van der Waals surface area (Å²) in [5, 5.41) is 1.86. The summed E-state index contributed by atoms with van der Waals surface area (Å²) < 4.78 is 50.8. The number of fused-ring (bicyclic) bond motifs is 1. The fourth-order valence-electron chi connectivity index (χ4n) is 1.84. The predicted molar refractivity (Wildman–Crippen MR) is 64.4 cm³/mol. The second-order valence-corrected chi connectivity index (χ2v) is 4.86. The monoisotopic (exact) mass is 286 g/mol. The minimum atomic E-state index is -4.36. The number of pyridine rings is 1. The first-order valence-electron chi connectivity index (χ1n) is 5.24. The van der Waals surface area contributed by atoms with Gasteiger partial charge in [-0.05, 0) is 23.1 Å². The van der Waals surface area contributed by atoms with Crippen LogP contribution < -0.4 is 0 Å². The van der Waals surface area contributed by atoms with E-state index in [0.29, 0.717) is 33.5 Å². The van der Waals surface area contributed by atoms with Gasteiger partial charge >= 0.3 is 6.18 Å². The Morgan fingerprint density at radius 2 is 2.00 bits per heavy atom. The molecule has 0 aliphatic heterocycles. The molecule has 0 amide bonds. The number of nitrogens with one attached hydrogen (secondary N) is 1. The Morgan fingerprint density at radius 3 is 2.68 bits per heavy atom. The number of nitrogens with zero attached hydrogens (tertiary/aromatic N) is 1. The maximum absolute atomic E-state index is 13.2. The summed E-state index contributed by atoms with van der Waals surface area (Å²) in [6, 6.07) is 2.30. The fourth-order valence-corrected chi connectivity index (χ4v) is 2.62. The van der Waals surface area contributed by atoms with Crippen molar-refractivity contribution in [2.75, 3.05) is 0 Å². The summed E-state index contributed by atoms with van der Waals surface area (Å²) in [4.78, 5) is 5.96. The van der Waals surface area contributed by atoms with E-state index in [0.717, 1.165) is 12.3 Å². The van der Waals surface area contributed by atoms with E-state index in [4.69, 9.17) is 0 Å². The molecule has 0 unspecified atom stereocenters. The van der Waals surface area contributed by atoms with Gasteiger partial charge in [-0.15, -0.1) is 11.3 Å². The number of rotatable bonds is 1. The smallest absolute Gasteiger partial charge is 0.346 e. The van der Waals surface area contributed by atoms with Crippen LogP contribution in [-0.2, 0) is 6.18 Å². The topological polar surface area (TPSA) is 28.7 Å². The van der Waals surface area contributed by atoms with Crippen LogP contribution in [0.2, 0.25) is 0 Å². The maximum Gasteiger partial charge on any atom is 0.425 e. The Labute approximate surface area is 108 Å². The highest BCUT2D eigenvalue weighted by Crippen LogP contribution is 2.38. The summed E-state index contributed by atoms with van der Waals surface area (Å²) in [5.41, 5.74) is 1.35. The molecular weight excluding hydrogens is 280 g/mol. The van der Waals surface area contributed by atoms with Crippen molar-refractivity contribution in [2.45, 2.75) is 6.18 Å². The summed E-state index contributed by atoms with van der Waals surface area (Å²) in [6.45, 7) is 0. The Bertz CT molecular complexity index is 742. The lowest BCUT2D eigenvalue weighted by atomic mass is 10.1. The maximum atomic E-state index is 13.2. The van der Waals surface area contributed by atoms with E-state index in [1.54, 1.807) is 0 Å². The molecule has 0 atom stereocenters. The SMILES string of the molecule is Fc1cnc2[nH]cc(-c3csc(C(F)(F)F)c3)c2c1. The van der Waals surface area contributed by atoms with Gasteiger partial charge in [0.25, 0.3) is 0 Å². The molecular formula is C12H6F4N2S. The largest absolute Gasteiger partial charge is 0.425 e. The standard InChI is InChI=1S/C12H6F4N2S/c13-7-2-8-9(4-18-11(8)17-3-7)6-1-10(19-5-6)12(14,15)16/h1-5H,(H,17,18). The molecule has 3 rings (SSSR count). The second kappa shape index (κ2) is 4.06. The lowest BCUT2D eigenvalue weighted by Crippen LogP contribution is -2.00. The van der Waals surface area contributed by atoms with Crippen molar-refractivity contribution in [3.63, 3.8) is 0 Å². The summed E-state index contributed by atoms with van der Waals surface area (Å²) in [6.07, 6.45) is -1.78. The third-order valence-electron chi connectivity index (χ3n) is 2.69. The Kier molecular flexibility index (Phi) is 2.60. The Balaban J connectivity index is 2.14. The van der Waals surface area contributed by atoms with Gasteiger partial charge in [-0.2, -0.15) is 13.2 Å². The average Bonchev–Trinajstić information content (AvgIpc) is 2.92. The van der Waals surface area contributed by atoms with E-state index >= 15 is 0 Å². The Morgan fingerprint density at radius 1 is 1.21 bits per heavy atom. The zero-order valence-electron chi connectivity index (χ0n) is 9.25. The molecule has 0 saturated carbocycles. The van der Waals surface area contributed by atoms with Crippen molar-refractivity contribution >= 4 is 22.4 Å². The van der Waals surface area contributed by atoms with Gasteiger partial charge in [0.2, 0.25) is 0 Å². The second-order valence-electron chi connectivity index (χ2n) is 3.95. The zero-order valence-corrected chi connectivity index (χ0v) is 10.1. The fraction of sp³-hybridized carbons (Fsp3) is 0.0833. The van der Waals surface area contributed by atoms with Gasteiger partial charge in [0, 0.05) is 17.1 Å². The molecule has 0 aromatic carbocycles. The van der Waals surface area contributed by atoms with E-state index < -0.39 is 16.9 Å². The van der Waals surface area contributed by atoms with Gasteiger partial charge in [0.1, 0.15) is 16.3 Å². The molecule has 19 heavy (non-hydrogen) atoms. The number of hydrogen-bond acceptors (Lipinski definition) is 2. The molecule has 2 nitrogen and oxygen atoms in total. The number of hydrogen-bond donors (Lipinski definition) is 1. The van der Waals surface area contributed by atoms with Crippen LogP contribution in [-0.4, -0.2) is 9.97 Å². The minimum Gasteiger partial charge on any atom is -0.346 e. The van der Waals surface area contributed by atoms with E-state index in [1.807, 2.05) is 0 Å². The highest BCUT2D eigenvalue weighted by atomic mass is 32.1. The molecule has 3 aromatic rings. The van der Waals surface area contributed by atoms with Crippen LogP contribution in [0.4, 0.5) is 17.6 Å². The van der Waals surface area contributed by atoms with Crippen LogP contribution in [0.3, 0.4) is 0 Å². The summed E-state index contributed by atoms with van der Waals surface area (Å²) in [5.74, 6) is -0.528. The molecule has 98 valence electrons. The minimum absolute atomic E-state index is 0.399. The van der Waals surface area contributed by atoms with Gasteiger partial charge in [0.15, 0.2) is 0 Å². The van der Waals surface area contributed by atoms with Crippen molar-refractivity contribution in [2.24, 2.45) is 0 Å². The van der Waals surface area contributed by atoms with Crippen molar-refractivity contribution in [1.29, 1.82) is 0 Å². The van der Waals surface area contributed by atoms with Crippen molar-refractivity contribution < 1.29 is 17.6 Å². The molecule has 0 saturated heterocycles. The summed E-state index contributed by atoms with van der Waals surface area (Å²) >= 11 is 0.614. The van der Waals surface area contributed by atoms with Crippen molar-refractivity contribution in [3.8, 4) is 11.1 Å². The van der Waals surface area contributed by atoms with Gasteiger partial charge in [0.05, 0.1) is 6.20 Å². The molecule has 3 aromatic heterocycles. The molecule has 7 heteroatoms. The first-order chi connectivity index (χ1) is 8.95. The normalized spacial score (nSPS) is 12.2. The molecule has 0 aliphatic carbocycles. The molecule has 3 heterocycles. The van der Waals surface area contributed by atoms with Crippen LogP contribution in [0.1, 0.15) is 4.88 Å². The van der Waals surface area contributed by atoms with Crippen LogP contribution in [0.15, 0.2) is 29.9 Å². The number of halogens is 4. The summed E-state index contributed by atoms with van der Waals surface area (Å²) in [7, 11) is 0. The molecule has 1 N–H and O–H groups in total. The first kappa shape index (κ1) is 12.2. The number of aromatic amines is 1. The highest BCUT2D eigenvalue weighted by Gasteiger charge is 2.32. The average molecular weight is 286 g/mol. The predicted octanol–water partition coefficient (Wildman–Crippen LogP) is 4.45. The zero-order chi connectivity index (χ0) is 13.6. The van der Waals surface area contributed by atoms with Crippen molar-refractivity contribution in [1.82, 2.24) is 9.97 Å². The number of thiophene rings is 1. The van der Waals surface area contributed by atoms with Gasteiger partial charge in [-0.3, -0.25) is 0 Å². The third kappa shape index (κ3) is 2.10. The highest BCUT2D eigenvalue weighted by molar-refractivity contribution is 7.10. The first-order valence-corrected chi connectivity index (χ1v) is 6.12.